The van der Waals surface area contributed by atoms with Gasteiger partial charge in [0.25, 0.3) is 0 Å². The molecule has 0 unspecified atom stereocenters. The van der Waals surface area contributed by atoms with Gasteiger partial charge in [0.2, 0.25) is 5.91 Å². The van der Waals surface area contributed by atoms with E-state index in [2.05, 4.69) is 5.10 Å². The number of amides is 1. The lowest BCUT2D eigenvalue weighted by molar-refractivity contribution is -0.150. The summed E-state index contributed by atoms with van der Waals surface area (Å²) in [6.07, 6.45) is 3.32. The largest absolute Gasteiger partial charge is 0.465 e. The van der Waals surface area contributed by atoms with Crippen molar-refractivity contribution in [3.8, 4) is 0 Å². The van der Waals surface area contributed by atoms with Crippen LogP contribution in [0.4, 0.5) is 0 Å². The molecular formula is C12H19N3O3. The van der Waals surface area contributed by atoms with Crippen LogP contribution in [0, 0.1) is 0 Å². The van der Waals surface area contributed by atoms with E-state index in [9.17, 15) is 9.59 Å². The fraction of sp³-hybridized carbons (Fsp3) is 0.583. The Hall–Kier alpha value is -1.85. The Labute approximate surface area is 107 Å². The maximum absolute atomic E-state index is 12.0. The van der Waals surface area contributed by atoms with Crippen LogP contribution in [0.3, 0.4) is 0 Å². The van der Waals surface area contributed by atoms with Crippen LogP contribution in [-0.2, 0) is 20.9 Å². The number of hydrogen-bond donors (Lipinski definition) is 0. The second-order valence-corrected chi connectivity index (χ2v) is 4.12. The van der Waals surface area contributed by atoms with Crippen LogP contribution < -0.4 is 0 Å². The zero-order valence-corrected chi connectivity index (χ0v) is 11.0. The van der Waals surface area contributed by atoms with Crippen LogP contribution in [0.5, 0.6) is 0 Å². The van der Waals surface area contributed by atoms with Crippen molar-refractivity contribution in [1.82, 2.24) is 14.7 Å². The summed E-state index contributed by atoms with van der Waals surface area (Å²) in [5, 5.41) is 3.97. The number of esters is 1. The molecule has 0 N–H and O–H groups in total. The summed E-state index contributed by atoms with van der Waals surface area (Å²) in [5.41, 5.74) is 0. The van der Waals surface area contributed by atoms with E-state index < -0.39 is 0 Å². The van der Waals surface area contributed by atoms with Gasteiger partial charge in [-0.15, -0.1) is 0 Å². The minimum absolute atomic E-state index is 0.0222. The van der Waals surface area contributed by atoms with Crippen LogP contribution in [0.1, 0.15) is 20.8 Å². The lowest BCUT2D eigenvalue weighted by atomic mass is 10.3. The summed E-state index contributed by atoms with van der Waals surface area (Å²) in [4.78, 5) is 25.0. The summed E-state index contributed by atoms with van der Waals surface area (Å²) in [6.45, 7) is 5.89. The lowest BCUT2D eigenvalue weighted by Crippen LogP contribution is -2.43. The molecule has 0 atom stereocenters. The molecule has 1 heterocycles. The van der Waals surface area contributed by atoms with Crippen LogP contribution in [-0.4, -0.2) is 45.8 Å². The van der Waals surface area contributed by atoms with Crippen molar-refractivity contribution in [2.24, 2.45) is 0 Å². The molecule has 0 bridgehead atoms. The van der Waals surface area contributed by atoms with Gasteiger partial charge in [0.1, 0.15) is 13.1 Å². The van der Waals surface area contributed by atoms with Crippen molar-refractivity contribution in [3.05, 3.63) is 18.5 Å². The molecule has 1 rings (SSSR count). The molecule has 100 valence electrons. The van der Waals surface area contributed by atoms with Crippen molar-refractivity contribution < 1.29 is 14.3 Å². The third kappa shape index (κ3) is 4.20. The molecule has 18 heavy (non-hydrogen) atoms. The number of hydrogen-bond acceptors (Lipinski definition) is 4. The number of carbonyl (C=O) groups is 2. The van der Waals surface area contributed by atoms with Gasteiger partial charge in [0, 0.05) is 18.4 Å². The molecule has 0 aliphatic carbocycles. The summed E-state index contributed by atoms with van der Waals surface area (Å²) < 4.78 is 6.38. The average molecular weight is 253 g/mol. The summed E-state index contributed by atoms with van der Waals surface area (Å²) in [6, 6.07) is 1.69. The molecule has 0 aliphatic heterocycles. The molecule has 0 saturated carbocycles. The fourth-order valence-electron chi connectivity index (χ4n) is 1.53. The van der Waals surface area contributed by atoms with E-state index in [0.29, 0.717) is 6.61 Å². The van der Waals surface area contributed by atoms with Crippen LogP contribution in [0.25, 0.3) is 0 Å². The molecule has 0 saturated heterocycles. The van der Waals surface area contributed by atoms with Gasteiger partial charge in [-0.2, -0.15) is 5.10 Å². The summed E-state index contributed by atoms with van der Waals surface area (Å²) in [7, 11) is 0. The maximum Gasteiger partial charge on any atom is 0.325 e. The van der Waals surface area contributed by atoms with Gasteiger partial charge in [0.15, 0.2) is 0 Å². The average Bonchev–Trinajstić information content (AvgIpc) is 2.78. The van der Waals surface area contributed by atoms with Crippen LogP contribution >= 0.6 is 0 Å². The van der Waals surface area contributed by atoms with Crippen molar-refractivity contribution in [2.45, 2.75) is 33.4 Å². The maximum atomic E-state index is 12.0. The second-order valence-electron chi connectivity index (χ2n) is 4.12. The zero-order valence-electron chi connectivity index (χ0n) is 11.0. The molecule has 0 radical (unpaired) electrons. The van der Waals surface area contributed by atoms with Gasteiger partial charge in [-0.3, -0.25) is 14.3 Å². The number of rotatable bonds is 6. The van der Waals surface area contributed by atoms with Gasteiger partial charge >= 0.3 is 5.97 Å². The Morgan fingerprint density at radius 3 is 2.67 bits per heavy atom. The molecule has 1 aromatic rings. The molecule has 0 spiro atoms. The van der Waals surface area contributed by atoms with Gasteiger partial charge < -0.3 is 9.64 Å². The SMILES string of the molecule is CCOC(=O)CN(C(=O)Cn1cccn1)C(C)C. The summed E-state index contributed by atoms with van der Waals surface area (Å²) in [5.74, 6) is -0.540. The predicted molar refractivity (Wildman–Crippen MR) is 65.7 cm³/mol. The first kappa shape index (κ1) is 14.2. The minimum atomic E-state index is -0.389. The Morgan fingerprint density at radius 1 is 1.44 bits per heavy atom. The van der Waals surface area contributed by atoms with Crippen molar-refractivity contribution in [2.75, 3.05) is 13.2 Å². The standard InChI is InChI=1S/C12H19N3O3/c1-4-18-12(17)9-15(10(2)3)11(16)8-14-7-5-6-13-14/h5-7,10H,4,8-9H2,1-3H3. The van der Waals surface area contributed by atoms with Crippen LogP contribution in [0.15, 0.2) is 18.5 Å². The van der Waals surface area contributed by atoms with Gasteiger partial charge in [-0.05, 0) is 26.8 Å². The highest BCUT2D eigenvalue weighted by atomic mass is 16.5. The molecule has 0 fully saturated rings. The molecule has 6 heteroatoms. The normalized spacial score (nSPS) is 10.4. The second kappa shape index (κ2) is 6.78. The van der Waals surface area contributed by atoms with E-state index in [4.69, 9.17) is 4.74 Å². The van der Waals surface area contributed by atoms with E-state index in [-0.39, 0.29) is 31.0 Å². The molecule has 0 aromatic carbocycles. The minimum Gasteiger partial charge on any atom is -0.465 e. The number of carbonyl (C=O) groups excluding carboxylic acids is 2. The lowest BCUT2D eigenvalue weighted by Gasteiger charge is -2.25. The van der Waals surface area contributed by atoms with Gasteiger partial charge in [-0.25, -0.2) is 0 Å². The number of aromatic nitrogens is 2. The first-order valence-electron chi connectivity index (χ1n) is 5.97. The molecule has 1 amide bonds. The Bertz CT molecular complexity index is 387. The van der Waals surface area contributed by atoms with Crippen molar-refractivity contribution in [1.29, 1.82) is 0 Å². The monoisotopic (exact) mass is 253 g/mol. The Kier molecular flexibility index (Phi) is 5.35. The topological polar surface area (TPSA) is 64.4 Å². The van der Waals surface area contributed by atoms with Gasteiger partial charge in [0.05, 0.1) is 6.61 Å². The first-order valence-corrected chi connectivity index (χ1v) is 5.97. The van der Waals surface area contributed by atoms with Crippen molar-refractivity contribution in [3.63, 3.8) is 0 Å². The van der Waals surface area contributed by atoms with Crippen LogP contribution in [0.2, 0.25) is 0 Å². The zero-order chi connectivity index (χ0) is 13.5. The van der Waals surface area contributed by atoms with E-state index in [0.717, 1.165) is 0 Å². The summed E-state index contributed by atoms with van der Waals surface area (Å²) >= 11 is 0. The Morgan fingerprint density at radius 2 is 2.17 bits per heavy atom. The van der Waals surface area contributed by atoms with E-state index in [1.165, 1.54) is 9.58 Å². The molecule has 6 nitrogen and oxygen atoms in total. The highest BCUT2D eigenvalue weighted by Crippen LogP contribution is 2.02. The predicted octanol–water partition coefficient (Wildman–Crippen LogP) is 0.683. The van der Waals surface area contributed by atoms with Gasteiger partial charge in [-0.1, -0.05) is 0 Å². The number of nitrogens with zero attached hydrogens (tertiary/aromatic N) is 3. The third-order valence-electron chi connectivity index (χ3n) is 2.40. The van der Waals surface area contributed by atoms with E-state index >= 15 is 0 Å². The highest BCUT2D eigenvalue weighted by Gasteiger charge is 2.20. The third-order valence-corrected chi connectivity index (χ3v) is 2.40. The van der Waals surface area contributed by atoms with E-state index in [1.54, 1.807) is 25.4 Å². The van der Waals surface area contributed by atoms with Crippen molar-refractivity contribution >= 4 is 11.9 Å². The quantitative estimate of drug-likeness (QED) is 0.699. The fourth-order valence-corrected chi connectivity index (χ4v) is 1.53. The molecular weight excluding hydrogens is 234 g/mol. The van der Waals surface area contributed by atoms with E-state index in [1.807, 2.05) is 13.8 Å². The molecule has 0 aliphatic rings. The first-order chi connectivity index (χ1) is 8.54. The smallest absolute Gasteiger partial charge is 0.325 e. The highest BCUT2D eigenvalue weighted by molar-refractivity contribution is 5.82. The Balaban J connectivity index is 2.61. The number of ether oxygens (including phenoxy) is 1. The molecule has 1 aromatic heterocycles.